The van der Waals surface area contributed by atoms with E-state index in [0.29, 0.717) is 24.9 Å². The summed E-state index contributed by atoms with van der Waals surface area (Å²) >= 11 is 0. The first-order chi connectivity index (χ1) is 17.8. The molecule has 0 amide bonds. The predicted octanol–water partition coefficient (Wildman–Crippen LogP) is 7.66. The molecule has 0 radical (unpaired) electrons. The third-order valence-corrected chi connectivity index (χ3v) is 6.42. The number of aliphatic hydroxyl groups excluding tert-OH is 1. The quantitative estimate of drug-likeness (QED) is 0.218. The smallest absolute Gasteiger partial charge is 0.388 e. The molecule has 37 heavy (non-hydrogen) atoms. The number of pyridine rings is 1. The Morgan fingerprint density at radius 2 is 1.38 bits per heavy atom. The number of nitrogens with one attached hydrogen (secondary N) is 1. The number of alkyl halides is 3. The van der Waals surface area contributed by atoms with Crippen LogP contribution in [-0.4, -0.2) is 16.6 Å². The molecule has 0 fully saturated rings. The first-order valence-corrected chi connectivity index (χ1v) is 12.5. The number of unbranched alkanes of at least 4 members (excludes halogenated alkanes) is 1. The van der Waals surface area contributed by atoms with Crippen LogP contribution in [0.15, 0.2) is 97.1 Å². The number of benzene rings is 3. The predicted molar refractivity (Wildman–Crippen MR) is 141 cm³/mol. The van der Waals surface area contributed by atoms with Gasteiger partial charge in [-0.15, -0.1) is 0 Å². The van der Waals surface area contributed by atoms with Crippen molar-refractivity contribution < 1.29 is 18.3 Å². The lowest BCUT2D eigenvalue weighted by molar-refractivity contribution is -0.142. The van der Waals surface area contributed by atoms with E-state index in [2.05, 4.69) is 34.6 Å². The molecule has 6 heteroatoms. The van der Waals surface area contributed by atoms with Crippen molar-refractivity contribution in [3.63, 3.8) is 0 Å². The van der Waals surface area contributed by atoms with E-state index in [1.807, 2.05) is 55.5 Å². The summed E-state index contributed by atoms with van der Waals surface area (Å²) in [5.41, 5.74) is 2.94. The van der Waals surface area contributed by atoms with Crippen molar-refractivity contribution in [3.8, 4) is 11.3 Å². The molecule has 0 aliphatic heterocycles. The second kappa shape index (κ2) is 12.2. The average molecular weight is 505 g/mol. The van der Waals surface area contributed by atoms with Gasteiger partial charge in [0.25, 0.3) is 0 Å². The minimum Gasteiger partial charge on any atom is -0.388 e. The number of halogens is 3. The molecule has 4 rings (SSSR count). The van der Waals surface area contributed by atoms with Crippen LogP contribution in [0, 0.1) is 6.92 Å². The van der Waals surface area contributed by atoms with Gasteiger partial charge in [-0.25, -0.2) is 4.98 Å². The van der Waals surface area contributed by atoms with E-state index in [9.17, 15) is 18.3 Å². The van der Waals surface area contributed by atoms with Crippen LogP contribution in [0.25, 0.3) is 11.3 Å². The molecule has 0 saturated carbocycles. The van der Waals surface area contributed by atoms with Crippen LogP contribution in [0.1, 0.15) is 59.4 Å². The van der Waals surface area contributed by atoms with Crippen molar-refractivity contribution in [2.75, 3.05) is 6.54 Å². The van der Waals surface area contributed by atoms with E-state index in [0.717, 1.165) is 16.7 Å². The zero-order chi connectivity index (χ0) is 26.3. The Balaban J connectivity index is 1.39. The molecule has 0 spiro atoms. The fourth-order valence-electron chi connectivity index (χ4n) is 4.43. The van der Waals surface area contributed by atoms with Gasteiger partial charge in [-0.1, -0.05) is 96.6 Å². The van der Waals surface area contributed by atoms with E-state index in [-0.39, 0.29) is 23.7 Å². The minimum absolute atomic E-state index is 0.0164. The maximum absolute atomic E-state index is 13.8. The van der Waals surface area contributed by atoms with Gasteiger partial charge < -0.3 is 10.4 Å². The largest absolute Gasteiger partial charge is 0.433 e. The molecule has 3 nitrogen and oxygen atoms in total. The Morgan fingerprint density at radius 1 is 0.784 bits per heavy atom. The Morgan fingerprint density at radius 3 is 1.95 bits per heavy atom. The Kier molecular flexibility index (Phi) is 8.74. The minimum atomic E-state index is -4.66. The maximum atomic E-state index is 13.8. The maximum Gasteiger partial charge on any atom is 0.433 e. The van der Waals surface area contributed by atoms with Crippen LogP contribution in [0.3, 0.4) is 0 Å². The summed E-state index contributed by atoms with van der Waals surface area (Å²) in [5.74, 6) is 0. The van der Waals surface area contributed by atoms with E-state index >= 15 is 0 Å². The summed E-state index contributed by atoms with van der Waals surface area (Å²) < 4.78 is 41.5. The zero-order valence-corrected chi connectivity index (χ0v) is 20.7. The van der Waals surface area contributed by atoms with E-state index in [1.165, 1.54) is 6.07 Å². The lowest BCUT2D eigenvalue weighted by Gasteiger charge is -2.20. The van der Waals surface area contributed by atoms with Crippen molar-refractivity contribution in [2.45, 2.75) is 44.5 Å². The van der Waals surface area contributed by atoms with Gasteiger partial charge in [0, 0.05) is 11.1 Å². The number of aryl methyl sites for hydroxylation is 1. The molecule has 2 N–H and O–H groups in total. The van der Waals surface area contributed by atoms with Gasteiger partial charge in [-0.3, -0.25) is 0 Å². The highest BCUT2D eigenvalue weighted by Gasteiger charge is 2.37. The van der Waals surface area contributed by atoms with Gasteiger partial charge in [0.15, 0.2) is 5.69 Å². The third-order valence-electron chi connectivity index (χ3n) is 6.42. The molecule has 0 aliphatic carbocycles. The highest BCUT2D eigenvalue weighted by Crippen LogP contribution is 2.36. The van der Waals surface area contributed by atoms with Gasteiger partial charge >= 0.3 is 6.18 Å². The highest BCUT2D eigenvalue weighted by atomic mass is 19.4. The lowest BCUT2D eigenvalue weighted by atomic mass is 9.98. The molecule has 4 aromatic rings. The number of nitrogens with zero attached hydrogens (tertiary/aromatic N) is 1. The molecule has 192 valence electrons. The van der Waals surface area contributed by atoms with Crippen LogP contribution in [0.2, 0.25) is 0 Å². The van der Waals surface area contributed by atoms with E-state index in [4.69, 9.17) is 0 Å². The molecule has 1 heterocycles. The summed E-state index contributed by atoms with van der Waals surface area (Å²) in [6.45, 7) is 2.58. The number of aromatic nitrogens is 1. The Bertz CT molecular complexity index is 1220. The Hall–Kier alpha value is -3.48. The van der Waals surface area contributed by atoms with Crippen molar-refractivity contribution in [1.82, 2.24) is 10.3 Å². The van der Waals surface area contributed by atoms with E-state index in [1.54, 1.807) is 18.2 Å². The Labute approximate surface area is 216 Å². The van der Waals surface area contributed by atoms with Crippen LogP contribution in [0.4, 0.5) is 13.2 Å². The normalized spacial score (nSPS) is 12.6. The van der Waals surface area contributed by atoms with Crippen LogP contribution < -0.4 is 5.32 Å². The molecule has 1 aromatic heterocycles. The number of rotatable bonds is 10. The van der Waals surface area contributed by atoms with Crippen LogP contribution in [0.5, 0.6) is 0 Å². The molecule has 1 atom stereocenters. The van der Waals surface area contributed by atoms with Gasteiger partial charge in [0.2, 0.25) is 0 Å². The van der Waals surface area contributed by atoms with Crippen molar-refractivity contribution in [3.05, 3.63) is 125 Å². The summed E-state index contributed by atoms with van der Waals surface area (Å²) in [6, 6.07) is 30.3. The van der Waals surface area contributed by atoms with Crippen molar-refractivity contribution in [2.24, 2.45) is 0 Å². The molecule has 0 saturated heterocycles. The SMILES string of the molecule is Cc1ccc(-c2ccc([C@H](O)CCCCNC(c3ccccc3)c3ccccc3)c(C(F)(F)F)n2)cc1. The van der Waals surface area contributed by atoms with E-state index < -0.39 is 18.0 Å². The summed E-state index contributed by atoms with van der Waals surface area (Å²) in [7, 11) is 0. The van der Waals surface area contributed by atoms with Gasteiger partial charge in [0.05, 0.1) is 17.8 Å². The first-order valence-electron chi connectivity index (χ1n) is 12.5. The highest BCUT2D eigenvalue weighted by molar-refractivity contribution is 5.60. The molecule has 0 aliphatic rings. The molecule has 0 unspecified atom stereocenters. The third kappa shape index (κ3) is 7.06. The van der Waals surface area contributed by atoms with Gasteiger partial charge in [0.1, 0.15) is 0 Å². The number of hydrogen-bond acceptors (Lipinski definition) is 3. The average Bonchev–Trinajstić information content (AvgIpc) is 2.91. The fourth-order valence-corrected chi connectivity index (χ4v) is 4.43. The first kappa shape index (κ1) is 26.6. The molecular formula is C31H31F3N2O. The van der Waals surface area contributed by atoms with Crippen molar-refractivity contribution >= 4 is 0 Å². The lowest BCUT2D eigenvalue weighted by Crippen LogP contribution is -2.23. The summed E-state index contributed by atoms with van der Waals surface area (Å²) in [4.78, 5) is 3.90. The second-order valence-electron chi connectivity index (χ2n) is 9.22. The van der Waals surface area contributed by atoms with Crippen molar-refractivity contribution in [1.29, 1.82) is 0 Å². The molecular weight excluding hydrogens is 473 g/mol. The van der Waals surface area contributed by atoms with Crippen LogP contribution >= 0.6 is 0 Å². The topological polar surface area (TPSA) is 45.1 Å². The second-order valence-corrected chi connectivity index (χ2v) is 9.22. The van der Waals surface area contributed by atoms with Gasteiger partial charge in [-0.2, -0.15) is 13.2 Å². The standard InChI is InChI=1S/C31H31F3N2O/c1-22-15-17-23(18-16-22)27-20-19-26(30(36-27)31(32,33)34)28(37)14-8-9-21-35-29(24-10-4-2-5-11-24)25-12-6-3-7-13-25/h2-7,10-13,15-20,28-29,35,37H,8-9,14,21H2,1H3/t28-/m1/s1. The molecule has 3 aromatic carbocycles. The number of aliphatic hydroxyl groups is 1. The fraction of sp³-hybridized carbons (Fsp3) is 0.258. The monoisotopic (exact) mass is 504 g/mol. The molecule has 0 bridgehead atoms. The van der Waals surface area contributed by atoms with Crippen LogP contribution in [-0.2, 0) is 6.18 Å². The zero-order valence-electron chi connectivity index (χ0n) is 20.7. The summed E-state index contributed by atoms with van der Waals surface area (Å²) in [6.07, 6.45) is -4.39. The van der Waals surface area contributed by atoms with Gasteiger partial charge in [-0.05, 0) is 49.9 Å². The number of hydrogen-bond donors (Lipinski definition) is 2. The summed E-state index contributed by atoms with van der Waals surface area (Å²) in [5, 5.41) is 14.2.